The van der Waals surface area contributed by atoms with E-state index in [2.05, 4.69) is 4.98 Å². The lowest BCUT2D eigenvalue weighted by atomic mass is 10.00. The number of aromatic nitrogens is 1. The van der Waals surface area contributed by atoms with Crippen LogP contribution in [0.3, 0.4) is 0 Å². The first-order valence-electron chi connectivity index (χ1n) is 6.92. The minimum Gasteiger partial charge on any atom is -0.494 e. The third-order valence-electron chi connectivity index (χ3n) is 3.46. The predicted molar refractivity (Wildman–Crippen MR) is 77.4 cm³/mol. The highest BCUT2D eigenvalue weighted by Crippen LogP contribution is 2.28. The second kappa shape index (κ2) is 6.95. The lowest BCUT2D eigenvalue weighted by molar-refractivity contribution is -0.141. The zero-order valence-electron chi connectivity index (χ0n) is 12.4. The number of hydrogen-bond donors (Lipinski definition) is 1. The van der Waals surface area contributed by atoms with Crippen LogP contribution < -0.4 is 10.5 Å². The van der Waals surface area contributed by atoms with Gasteiger partial charge in [-0.3, -0.25) is 4.98 Å². The number of aryl methyl sites for hydroxylation is 1. The van der Waals surface area contributed by atoms with E-state index in [1.165, 1.54) is 31.5 Å². The van der Waals surface area contributed by atoms with E-state index in [9.17, 15) is 17.6 Å². The Morgan fingerprint density at radius 1 is 1.22 bits per heavy atom. The molecule has 0 amide bonds. The first-order chi connectivity index (χ1) is 10.8. The van der Waals surface area contributed by atoms with E-state index in [-0.39, 0.29) is 11.8 Å². The number of halogens is 4. The number of nitrogens with zero attached hydrogens (tertiary/aromatic N) is 1. The number of benzene rings is 1. The molecule has 124 valence electrons. The number of rotatable bonds is 5. The molecule has 0 saturated heterocycles. The highest BCUT2D eigenvalue weighted by molar-refractivity contribution is 5.32. The van der Waals surface area contributed by atoms with Gasteiger partial charge >= 0.3 is 6.18 Å². The molecule has 1 aromatic heterocycles. The number of alkyl halides is 3. The molecule has 2 N–H and O–H groups in total. The van der Waals surface area contributed by atoms with Crippen LogP contribution in [0.15, 0.2) is 36.5 Å². The standard InChI is InChI=1S/C16H16F4N2O/c1-23-14-8-11(4-5-12(14)17)13(21)6-2-10-3-7-15(22-9-10)16(18,19)20/h3-5,7-9,13H,2,6,21H2,1H3. The highest BCUT2D eigenvalue weighted by Gasteiger charge is 2.31. The maximum Gasteiger partial charge on any atom is 0.433 e. The van der Waals surface area contributed by atoms with Crippen LogP contribution in [-0.4, -0.2) is 12.1 Å². The average Bonchev–Trinajstić information content (AvgIpc) is 2.52. The molecule has 7 heteroatoms. The van der Waals surface area contributed by atoms with Gasteiger partial charge in [-0.1, -0.05) is 12.1 Å². The van der Waals surface area contributed by atoms with Crippen molar-refractivity contribution in [1.82, 2.24) is 4.98 Å². The first kappa shape index (κ1) is 17.2. The normalized spacial score (nSPS) is 13.0. The minimum absolute atomic E-state index is 0.106. The van der Waals surface area contributed by atoms with E-state index in [4.69, 9.17) is 10.5 Å². The van der Waals surface area contributed by atoms with E-state index in [0.29, 0.717) is 24.0 Å². The molecular weight excluding hydrogens is 312 g/mol. The monoisotopic (exact) mass is 328 g/mol. The molecule has 3 nitrogen and oxygen atoms in total. The van der Waals surface area contributed by atoms with Crippen molar-refractivity contribution < 1.29 is 22.3 Å². The van der Waals surface area contributed by atoms with Gasteiger partial charge in [0.05, 0.1) is 7.11 Å². The van der Waals surface area contributed by atoms with Crippen molar-refractivity contribution in [3.63, 3.8) is 0 Å². The van der Waals surface area contributed by atoms with Crippen LogP contribution in [-0.2, 0) is 12.6 Å². The number of methoxy groups -OCH3 is 1. The molecule has 2 rings (SSSR count). The van der Waals surface area contributed by atoms with Gasteiger partial charge in [0.2, 0.25) is 0 Å². The van der Waals surface area contributed by atoms with Gasteiger partial charge in [-0.05, 0) is 42.2 Å². The third-order valence-corrected chi connectivity index (χ3v) is 3.46. The van der Waals surface area contributed by atoms with Crippen molar-refractivity contribution in [2.45, 2.75) is 25.1 Å². The van der Waals surface area contributed by atoms with Crippen molar-refractivity contribution in [3.8, 4) is 5.75 Å². The zero-order chi connectivity index (χ0) is 17.0. The quantitative estimate of drug-likeness (QED) is 0.847. The lowest BCUT2D eigenvalue weighted by Crippen LogP contribution is -2.12. The number of hydrogen-bond acceptors (Lipinski definition) is 3. The molecule has 0 saturated carbocycles. The summed E-state index contributed by atoms with van der Waals surface area (Å²) in [6.07, 6.45) is -2.30. The summed E-state index contributed by atoms with van der Waals surface area (Å²) in [7, 11) is 1.36. The van der Waals surface area contributed by atoms with Gasteiger partial charge in [-0.2, -0.15) is 13.2 Å². The molecular formula is C16H16F4N2O. The maximum atomic E-state index is 13.4. The molecule has 23 heavy (non-hydrogen) atoms. The van der Waals surface area contributed by atoms with Crippen LogP contribution in [0.1, 0.15) is 29.3 Å². The number of pyridine rings is 1. The van der Waals surface area contributed by atoms with Crippen LogP contribution in [0.5, 0.6) is 5.75 Å². The van der Waals surface area contributed by atoms with Crippen molar-refractivity contribution in [1.29, 1.82) is 0 Å². The van der Waals surface area contributed by atoms with E-state index in [0.717, 1.165) is 6.07 Å². The molecule has 0 spiro atoms. The summed E-state index contributed by atoms with van der Waals surface area (Å²) in [4.78, 5) is 3.40. The molecule has 0 radical (unpaired) electrons. The van der Waals surface area contributed by atoms with E-state index in [1.54, 1.807) is 6.07 Å². The SMILES string of the molecule is COc1cc(C(N)CCc2ccc(C(F)(F)F)nc2)ccc1F. The molecule has 1 unspecified atom stereocenters. The molecule has 1 aromatic carbocycles. The molecule has 0 aliphatic heterocycles. The molecule has 0 aliphatic carbocycles. The second-order valence-electron chi connectivity index (χ2n) is 5.09. The summed E-state index contributed by atoms with van der Waals surface area (Å²) in [6, 6.07) is 6.30. The third kappa shape index (κ3) is 4.41. The van der Waals surface area contributed by atoms with Gasteiger partial charge in [0.25, 0.3) is 0 Å². The summed E-state index contributed by atoms with van der Waals surface area (Å²) >= 11 is 0. The lowest BCUT2D eigenvalue weighted by Gasteiger charge is -2.14. The van der Waals surface area contributed by atoms with Crippen LogP contribution in [0, 0.1) is 5.82 Å². The van der Waals surface area contributed by atoms with Crippen molar-refractivity contribution in [2.24, 2.45) is 5.73 Å². The molecule has 1 atom stereocenters. The van der Waals surface area contributed by atoms with E-state index in [1.807, 2.05) is 0 Å². The van der Waals surface area contributed by atoms with Gasteiger partial charge in [-0.15, -0.1) is 0 Å². The Hall–Kier alpha value is -2.15. The molecule has 0 bridgehead atoms. The molecule has 2 aromatic rings. The van der Waals surface area contributed by atoms with Crippen molar-refractivity contribution in [3.05, 3.63) is 59.2 Å². The summed E-state index contributed by atoms with van der Waals surface area (Å²) < 4.78 is 55.6. The summed E-state index contributed by atoms with van der Waals surface area (Å²) in [5.74, 6) is -0.371. The fraction of sp³-hybridized carbons (Fsp3) is 0.312. The number of nitrogens with two attached hydrogens (primary N) is 1. The second-order valence-corrected chi connectivity index (χ2v) is 5.09. The predicted octanol–water partition coefficient (Wildman–Crippen LogP) is 3.88. The largest absolute Gasteiger partial charge is 0.494 e. The molecule has 0 fully saturated rings. The number of ether oxygens (including phenoxy) is 1. The van der Waals surface area contributed by atoms with Crippen LogP contribution in [0.4, 0.5) is 17.6 Å². The summed E-state index contributed by atoms with van der Waals surface area (Å²) in [6.45, 7) is 0. The summed E-state index contributed by atoms with van der Waals surface area (Å²) in [5.41, 5.74) is 6.47. The molecule has 1 heterocycles. The van der Waals surface area contributed by atoms with Gasteiger partial charge in [0.1, 0.15) is 5.69 Å². The van der Waals surface area contributed by atoms with Crippen LogP contribution >= 0.6 is 0 Å². The van der Waals surface area contributed by atoms with Gasteiger partial charge in [-0.25, -0.2) is 4.39 Å². The summed E-state index contributed by atoms with van der Waals surface area (Å²) in [5, 5.41) is 0. The topological polar surface area (TPSA) is 48.1 Å². The highest BCUT2D eigenvalue weighted by atomic mass is 19.4. The van der Waals surface area contributed by atoms with Gasteiger partial charge in [0, 0.05) is 12.2 Å². The Labute approximate surface area is 131 Å². The Bertz CT molecular complexity index is 656. The zero-order valence-corrected chi connectivity index (χ0v) is 12.4. The first-order valence-corrected chi connectivity index (χ1v) is 6.92. The molecule has 0 aliphatic rings. The Morgan fingerprint density at radius 2 is 1.96 bits per heavy atom. The Balaban J connectivity index is 2.00. The maximum absolute atomic E-state index is 13.4. The Kier molecular flexibility index (Phi) is 5.20. The van der Waals surface area contributed by atoms with E-state index >= 15 is 0 Å². The van der Waals surface area contributed by atoms with Crippen LogP contribution in [0.25, 0.3) is 0 Å². The van der Waals surface area contributed by atoms with E-state index < -0.39 is 17.7 Å². The van der Waals surface area contributed by atoms with Crippen LogP contribution in [0.2, 0.25) is 0 Å². The Morgan fingerprint density at radius 3 is 2.52 bits per heavy atom. The van der Waals surface area contributed by atoms with Gasteiger partial charge in [0.15, 0.2) is 11.6 Å². The fourth-order valence-corrected chi connectivity index (χ4v) is 2.14. The van der Waals surface area contributed by atoms with Gasteiger partial charge < -0.3 is 10.5 Å². The van der Waals surface area contributed by atoms with Crippen molar-refractivity contribution in [2.75, 3.05) is 7.11 Å². The minimum atomic E-state index is -4.44. The smallest absolute Gasteiger partial charge is 0.433 e. The van der Waals surface area contributed by atoms with Crippen molar-refractivity contribution >= 4 is 0 Å². The fourth-order valence-electron chi connectivity index (χ4n) is 2.14. The average molecular weight is 328 g/mol.